The highest BCUT2D eigenvalue weighted by Gasteiger charge is 2.07. The predicted molar refractivity (Wildman–Crippen MR) is 104 cm³/mol. The molecule has 0 saturated heterocycles. The first-order chi connectivity index (χ1) is 12.6. The highest BCUT2D eigenvalue weighted by atomic mass is 16.1. The molecule has 0 fully saturated rings. The molecule has 0 aliphatic heterocycles. The summed E-state index contributed by atoms with van der Waals surface area (Å²) in [6.07, 6.45) is 4.33. The number of Topliss-reactive ketones (excluding diaryl/α,β-unsaturated/α-hetero) is 1. The van der Waals surface area contributed by atoms with Crippen LogP contribution in [-0.2, 0) is 11.3 Å². The minimum atomic E-state index is 0.217. The van der Waals surface area contributed by atoms with Crippen molar-refractivity contribution in [1.82, 2.24) is 9.78 Å². The van der Waals surface area contributed by atoms with Gasteiger partial charge in [0.15, 0.2) is 0 Å². The van der Waals surface area contributed by atoms with Gasteiger partial charge in [-0.2, -0.15) is 5.10 Å². The maximum absolute atomic E-state index is 11.2. The van der Waals surface area contributed by atoms with Crippen LogP contribution in [0, 0.1) is 11.8 Å². The van der Waals surface area contributed by atoms with E-state index < -0.39 is 0 Å². The molecule has 1 heterocycles. The van der Waals surface area contributed by atoms with Crippen LogP contribution in [0.15, 0.2) is 67.0 Å². The molecule has 1 atom stereocenters. The summed E-state index contributed by atoms with van der Waals surface area (Å²) in [7, 11) is 0. The predicted octanol–water partition coefficient (Wildman–Crippen LogP) is 4.41. The molecular weight excluding hydrogens is 320 g/mol. The Hall–Kier alpha value is -3.12. The van der Waals surface area contributed by atoms with E-state index in [1.807, 2.05) is 41.2 Å². The van der Waals surface area contributed by atoms with E-state index in [9.17, 15) is 4.79 Å². The zero-order valence-corrected chi connectivity index (χ0v) is 15.1. The van der Waals surface area contributed by atoms with Gasteiger partial charge in [-0.25, -0.2) is 0 Å². The molecule has 3 nitrogen and oxygen atoms in total. The van der Waals surface area contributed by atoms with Crippen molar-refractivity contribution < 1.29 is 4.79 Å². The number of benzene rings is 2. The minimum Gasteiger partial charge on any atom is -0.300 e. The molecule has 0 aliphatic carbocycles. The number of hydrogen-bond acceptors (Lipinski definition) is 2. The zero-order chi connectivity index (χ0) is 18.4. The van der Waals surface area contributed by atoms with E-state index in [1.54, 1.807) is 13.1 Å². The Labute approximate surface area is 154 Å². The Morgan fingerprint density at radius 2 is 1.73 bits per heavy atom. The molecule has 3 heteroatoms. The van der Waals surface area contributed by atoms with Crippen molar-refractivity contribution in [2.24, 2.45) is 0 Å². The quantitative estimate of drug-likeness (QED) is 0.644. The fourth-order valence-electron chi connectivity index (χ4n) is 2.87. The first kappa shape index (κ1) is 17.7. The van der Waals surface area contributed by atoms with Gasteiger partial charge in [-0.05, 0) is 36.1 Å². The molecule has 0 bridgehead atoms. The van der Waals surface area contributed by atoms with E-state index in [4.69, 9.17) is 0 Å². The Kier molecular flexibility index (Phi) is 5.66. The molecule has 0 aliphatic rings. The maximum atomic E-state index is 11.2. The van der Waals surface area contributed by atoms with E-state index in [0.717, 1.165) is 17.7 Å². The molecule has 3 aromatic rings. The highest BCUT2D eigenvalue weighted by molar-refractivity contribution is 5.76. The van der Waals surface area contributed by atoms with Crippen LogP contribution in [0.5, 0.6) is 0 Å². The van der Waals surface area contributed by atoms with E-state index in [-0.39, 0.29) is 11.7 Å². The van der Waals surface area contributed by atoms with E-state index in [0.29, 0.717) is 6.42 Å². The normalized spacial score (nSPS) is 11.5. The SMILES string of the molecule is CC(=O)CC(C)c1ccc(C#Cc2cnn(Cc3ccccc3)c2)cc1. The number of nitrogens with zero attached hydrogens (tertiary/aromatic N) is 2. The second-order valence-electron chi connectivity index (χ2n) is 6.59. The van der Waals surface area contributed by atoms with E-state index in [1.165, 1.54) is 11.1 Å². The van der Waals surface area contributed by atoms with Gasteiger partial charge in [-0.3, -0.25) is 4.68 Å². The number of carbonyl (C=O) groups is 1. The topological polar surface area (TPSA) is 34.9 Å². The summed E-state index contributed by atoms with van der Waals surface area (Å²) in [5, 5.41) is 4.37. The molecule has 1 aromatic heterocycles. The first-order valence-electron chi connectivity index (χ1n) is 8.78. The Balaban J connectivity index is 1.65. The van der Waals surface area contributed by atoms with Crippen molar-refractivity contribution in [1.29, 1.82) is 0 Å². The maximum Gasteiger partial charge on any atom is 0.130 e. The average Bonchev–Trinajstić information content (AvgIpc) is 3.08. The third-order valence-corrected chi connectivity index (χ3v) is 4.25. The summed E-state index contributed by atoms with van der Waals surface area (Å²) in [6, 6.07) is 18.4. The number of hydrogen-bond donors (Lipinski definition) is 0. The lowest BCUT2D eigenvalue weighted by Crippen LogP contribution is -2.00. The summed E-state index contributed by atoms with van der Waals surface area (Å²) < 4.78 is 1.89. The summed E-state index contributed by atoms with van der Waals surface area (Å²) in [5.41, 5.74) is 4.24. The standard InChI is InChI=1S/C23H22N2O/c1-18(14-19(2)26)23-12-10-20(11-13-23)8-9-22-15-24-25(17-22)16-21-6-4-3-5-7-21/h3-7,10-13,15,17-18H,14,16H2,1-2H3. The Morgan fingerprint density at radius 3 is 2.42 bits per heavy atom. The summed E-state index contributed by atoms with van der Waals surface area (Å²) >= 11 is 0. The van der Waals surface area contributed by atoms with Crippen molar-refractivity contribution in [2.45, 2.75) is 32.7 Å². The van der Waals surface area contributed by atoms with E-state index >= 15 is 0 Å². The van der Waals surface area contributed by atoms with Crippen LogP contribution in [0.25, 0.3) is 0 Å². The van der Waals surface area contributed by atoms with Crippen LogP contribution in [0.2, 0.25) is 0 Å². The highest BCUT2D eigenvalue weighted by Crippen LogP contribution is 2.19. The summed E-state index contributed by atoms with van der Waals surface area (Å²) in [4.78, 5) is 11.2. The van der Waals surface area contributed by atoms with Gasteiger partial charge >= 0.3 is 0 Å². The van der Waals surface area contributed by atoms with Gasteiger partial charge in [0.25, 0.3) is 0 Å². The number of carbonyl (C=O) groups excluding carboxylic acids is 1. The van der Waals surface area contributed by atoms with Gasteiger partial charge in [0.1, 0.15) is 5.78 Å². The first-order valence-corrected chi connectivity index (χ1v) is 8.78. The lowest BCUT2D eigenvalue weighted by molar-refractivity contribution is -0.117. The smallest absolute Gasteiger partial charge is 0.130 e. The van der Waals surface area contributed by atoms with Crippen molar-refractivity contribution in [3.63, 3.8) is 0 Å². The lowest BCUT2D eigenvalue weighted by Gasteiger charge is -2.09. The molecule has 2 aromatic carbocycles. The largest absolute Gasteiger partial charge is 0.300 e. The van der Waals surface area contributed by atoms with Crippen LogP contribution in [0.4, 0.5) is 0 Å². The molecule has 26 heavy (non-hydrogen) atoms. The fraction of sp³-hybridized carbons (Fsp3) is 0.217. The molecule has 130 valence electrons. The zero-order valence-electron chi connectivity index (χ0n) is 15.1. The molecule has 0 saturated carbocycles. The van der Waals surface area contributed by atoms with Crippen LogP contribution in [-0.4, -0.2) is 15.6 Å². The molecule has 0 N–H and O–H groups in total. The van der Waals surface area contributed by atoms with Gasteiger partial charge in [0, 0.05) is 18.2 Å². The van der Waals surface area contributed by atoms with Crippen molar-refractivity contribution in [3.8, 4) is 11.8 Å². The summed E-state index contributed by atoms with van der Waals surface area (Å²) in [5.74, 6) is 6.79. The monoisotopic (exact) mass is 342 g/mol. The van der Waals surface area contributed by atoms with Crippen LogP contribution >= 0.6 is 0 Å². The van der Waals surface area contributed by atoms with E-state index in [2.05, 4.69) is 48.1 Å². The molecule has 3 rings (SSSR count). The molecule has 0 radical (unpaired) electrons. The average molecular weight is 342 g/mol. The molecule has 1 unspecified atom stereocenters. The van der Waals surface area contributed by atoms with Crippen molar-refractivity contribution in [2.75, 3.05) is 0 Å². The molecular formula is C23H22N2O. The van der Waals surface area contributed by atoms with Crippen molar-refractivity contribution >= 4 is 5.78 Å². The lowest BCUT2D eigenvalue weighted by atomic mass is 9.95. The van der Waals surface area contributed by atoms with Gasteiger partial charge in [-0.15, -0.1) is 0 Å². The second kappa shape index (κ2) is 8.31. The van der Waals surface area contributed by atoms with Crippen LogP contribution in [0.3, 0.4) is 0 Å². The van der Waals surface area contributed by atoms with Gasteiger partial charge in [-0.1, -0.05) is 61.2 Å². The van der Waals surface area contributed by atoms with Crippen LogP contribution < -0.4 is 0 Å². The number of rotatable bonds is 5. The Morgan fingerprint density at radius 1 is 1.04 bits per heavy atom. The number of aromatic nitrogens is 2. The van der Waals surface area contributed by atoms with Gasteiger partial charge < -0.3 is 4.79 Å². The summed E-state index contributed by atoms with van der Waals surface area (Å²) in [6.45, 7) is 4.45. The fourth-order valence-corrected chi connectivity index (χ4v) is 2.87. The third kappa shape index (κ3) is 4.94. The third-order valence-electron chi connectivity index (χ3n) is 4.25. The molecule has 0 amide bonds. The van der Waals surface area contributed by atoms with Crippen molar-refractivity contribution in [3.05, 3.63) is 89.2 Å². The second-order valence-corrected chi connectivity index (χ2v) is 6.59. The minimum absolute atomic E-state index is 0.217. The van der Waals surface area contributed by atoms with Crippen LogP contribution in [0.1, 0.15) is 48.4 Å². The van der Waals surface area contributed by atoms with Gasteiger partial charge in [0.2, 0.25) is 0 Å². The molecule has 0 spiro atoms. The van der Waals surface area contributed by atoms with Gasteiger partial charge in [0.05, 0.1) is 18.3 Å². The number of ketones is 1. The Bertz CT molecular complexity index is 928.